The summed E-state index contributed by atoms with van der Waals surface area (Å²) in [5.41, 5.74) is 4.73. The maximum Gasteiger partial charge on any atom is 0.229 e. The predicted octanol–water partition coefficient (Wildman–Crippen LogP) is 2.50. The van der Waals surface area contributed by atoms with E-state index in [4.69, 9.17) is 4.74 Å². The molecule has 126 valence electrons. The van der Waals surface area contributed by atoms with Crippen LogP contribution in [-0.4, -0.2) is 34.7 Å². The molecule has 5 nitrogen and oxygen atoms in total. The van der Waals surface area contributed by atoms with Gasteiger partial charge in [-0.3, -0.25) is 9.89 Å². The molecular formula is C19H23N3O2. The number of amides is 1. The van der Waals surface area contributed by atoms with Gasteiger partial charge in [0.05, 0.1) is 18.2 Å². The van der Waals surface area contributed by atoms with Crippen LogP contribution in [0.2, 0.25) is 0 Å². The van der Waals surface area contributed by atoms with E-state index in [9.17, 15) is 4.79 Å². The Bertz CT molecular complexity index is 753. The molecule has 1 atom stereocenters. The van der Waals surface area contributed by atoms with Crippen molar-refractivity contribution in [1.82, 2.24) is 15.1 Å². The van der Waals surface area contributed by atoms with Crippen molar-refractivity contribution >= 4 is 5.91 Å². The fourth-order valence-electron chi connectivity index (χ4n) is 3.78. The number of aromatic amines is 1. The van der Waals surface area contributed by atoms with Crippen LogP contribution in [0.3, 0.4) is 0 Å². The Balaban J connectivity index is 1.44. The second-order valence-corrected chi connectivity index (χ2v) is 6.85. The number of fused-ring (bicyclic) bond motifs is 2. The highest BCUT2D eigenvalue weighted by Gasteiger charge is 2.29. The molecule has 0 bridgehead atoms. The van der Waals surface area contributed by atoms with Crippen molar-refractivity contribution in [1.29, 1.82) is 0 Å². The summed E-state index contributed by atoms with van der Waals surface area (Å²) in [5.74, 6) is 0.933. The summed E-state index contributed by atoms with van der Waals surface area (Å²) in [6, 6.07) is 7.97. The van der Waals surface area contributed by atoms with Crippen molar-refractivity contribution in [3.63, 3.8) is 0 Å². The first-order chi connectivity index (χ1) is 11.7. The van der Waals surface area contributed by atoms with E-state index in [0.717, 1.165) is 36.3 Å². The molecule has 0 saturated heterocycles. The minimum absolute atomic E-state index is 0.111. The van der Waals surface area contributed by atoms with Crippen molar-refractivity contribution in [2.75, 3.05) is 13.7 Å². The number of rotatable bonds is 3. The van der Waals surface area contributed by atoms with Crippen LogP contribution in [0.1, 0.15) is 35.4 Å². The summed E-state index contributed by atoms with van der Waals surface area (Å²) < 4.78 is 5.76. The molecule has 1 aliphatic carbocycles. The van der Waals surface area contributed by atoms with Crippen molar-refractivity contribution < 1.29 is 9.53 Å². The maximum absolute atomic E-state index is 12.8. The number of carbonyl (C=O) groups is 1. The topological polar surface area (TPSA) is 58.2 Å². The number of ether oxygens (including phenoxy) is 1. The van der Waals surface area contributed by atoms with Crippen molar-refractivity contribution in [2.24, 2.45) is 5.92 Å². The van der Waals surface area contributed by atoms with Gasteiger partial charge in [0.15, 0.2) is 0 Å². The van der Waals surface area contributed by atoms with Gasteiger partial charge in [-0.1, -0.05) is 18.2 Å². The summed E-state index contributed by atoms with van der Waals surface area (Å²) in [6.45, 7) is 1.03. The Morgan fingerprint density at radius 1 is 1.33 bits per heavy atom. The highest BCUT2D eigenvalue weighted by atomic mass is 16.5. The number of hydrogen-bond acceptors (Lipinski definition) is 3. The third-order valence-corrected chi connectivity index (χ3v) is 5.13. The Kier molecular flexibility index (Phi) is 4.00. The van der Waals surface area contributed by atoms with Gasteiger partial charge in [0, 0.05) is 12.7 Å². The van der Waals surface area contributed by atoms with E-state index in [1.165, 1.54) is 24.1 Å². The van der Waals surface area contributed by atoms with E-state index in [1.54, 1.807) is 4.90 Å². The zero-order valence-corrected chi connectivity index (χ0v) is 14.0. The van der Waals surface area contributed by atoms with Crippen LogP contribution in [-0.2, 0) is 30.6 Å². The normalized spacial score (nSPS) is 19.1. The van der Waals surface area contributed by atoms with Gasteiger partial charge in [0.1, 0.15) is 12.4 Å². The van der Waals surface area contributed by atoms with Gasteiger partial charge >= 0.3 is 0 Å². The van der Waals surface area contributed by atoms with Crippen LogP contribution < -0.4 is 4.74 Å². The molecule has 4 rings (SSSR count). The first-order valence-corrected chi connectivity index (χ1v) is 8.73. The molecule has 0 saturated carbocycles. The number of carbonyl (C=O) groups excluding carboxylic acids is 1. The van der Waals surface area contributed by atoms with Gasteiger partial charge in [-0.15, -0.1) is 0 Å². The molecule has 0 spiro atoms. The van der Waals surface area contributed by atoms with E-state index in [1.807, 2.05) is 31.3 Å². The molecule has 1 amide bonds. The van der Waals surface area contributed by atoms with Crippen molar-refractivity contribution in [3.8, 4) is 5.75 Å². The Hall–Kier alpha value is -2.30. The molecule has 2 aromatic rings. The van der Waals surface area contributed by atoms with Crippen LogP contribution in [0, 0.1) is 5.92 Å². The quantitative estimate of drug-likeness (QED) is 0.943. The summed E-state index contributed by atoms with van der Waals surface area (Å²) >= 11 is 0. The van der Waals surface area contributed by atoms with Crippen LogP contribution in [0.4, 0.5) is 0 Å². The second-order valence-electron chi connectivity index (χ2n) is 6.85. The molecule has 1 aromatic carbocycles. The molecule has 0 unspecified atom stereocenters. The third-order valence-electron chi connectivity index (χ3n) is 5.13. The lowest BCUT2D eigenvalue weighted by Gasteiger charge is -2.28. The number of aryl methyl sites for hydroxylation is 1. The van der Waals surface area contributed by atoms with E-state index < -0.39 is 0 Å². The molecule has 2 heterocycles. The number of hydrogen-bond donors (Lipinski definition) is 1. The van der Waals surface area contributed by atoms with E-state index in [0.29, 0.717) is 13.2 Å². The second kappa shape index (κ2) is 6.30. The van der Waals surface area contributed by atoms with Crippen molar-refractivity contribution in [2.45, 2.75) is 38.6 Å². The van der Waals surface area contributed by atoms with Gasteiger partial charge in [-0.25, -0.2) is 0 Å². The van der Waals surface area contributed by atoms with Crippen LogP contribution >= 0.6 is 0 Å². The number of nitrogens with zero attached hydrogens (tertiary/aromatic N) is 2. The lowest BCUT2D eigenvalue weighted by Crippen LogP contribution is -2.38. The predicted molar refractivity (Wildman–Crippen MR) is 90.8 cm³/mol. The molecule has 2 aliphatic rings. The summed E-state index contributed by atoms with van der Waals surface area (Å²) in [6.07, 6.45) is 5.33. The Labute approximate surface area is 142 Å². The molecule has 1 N–H and O–H groups in total. The molecule has 1 aliphatic heterocycles. The monoisotopic (exact) mass is 325 g/mol. The lowest BCUT2D eigenvalue weighted by molar-refractivity contribution is -0.136. The fourth-order valence-corrected chi connectivity index (χ4v) is 3.78. The standard InChI is InChI=1S/C19H23N3O2/c1-22(11-17-15-7-3-4-8-16(15)20-21-17)19(23)14-10-13-6-2-5-9-18(13)24-12-14/h2,5-6,9,14H,3-4,7-8,10-12H2,1H3,(H,20,21)/t14-/m0/s1. The molecular weight excluding hydrogens is 302 g/mol. The maximum atomic E-state index is 12.8. The minimum Gasteiger partial charge on any atom is -0.492 e. The van der Waals surface area contributed by atoms with Crippen LogP contribution in [0.15, 0.2) is 24.3 Å². The molecule has 0 fully saturated rings. The van der Waals surface area contributed by atoms with Crippen LogP contribution in [0.5, 0.6) is 5.75 Å². The summed E-state index contributed by atoms with van der Waals surface area (Å²) in [5, 5.41) is 7.60. The number of nitrogens with one attached hydrogen (secondary N) is 1. The SMILES string of the molecule is CN(Cc1n[nH]c2c1CCCC2)C(=O)[C@@H]1COc2ccccc2C1. The number of H-pyrrole nitrogens is 1. The van der Waals surface area contributed by atoms with E-state index >= 15 is 0 Å². The fraction of sp³-hybridized carbons (Fsp3) is 0.474. The summed E-state index contributed by atoms with van der Waals surface area (Å²) in [4.78, 5) is 14.6. The largest absolute Gasteiger partial charge is 0.492 e. The van der Waals surface area contributed by atoms with E-state index in [2.05, 4.69) is 10.2 Å². The number of para-hydroxylation sites is 1. The van der Waals surface area contributed by atoms with Crippen LogP contribution in [0.25, 0.3) is 0 Å². The average Bonchev–Trinajstić information content (AvgIpc) is 3.03. The smallest absolute Gasteiger partial charge is 0.229 e. The molecule has 24 heavy (non-hydrogen) atoms. The lowest BCUT2D eigenvalue weighted by atomic mass is 9.94. The zero-order chi connectivity index (χ0) is 16.5. The molecule has 0 radical (unpaired) electrons. The average molecular weight is 325 g/mol. The van der Waals surface area contributed by atoms with Gasteiger partial charge in [-0.2, -0.15) is 5.10 Å². The number of benzene rings is 1. The highest BCUT2D eigenvalue weighted by molar-refractivity contribution is 5.79. The van der Waals surface area contributed by atoms with Gasteiger partial charge in [0.25, 0.3) is 0 Å². The van der Waals surface area contributed by atoms with Crippen molar-refractivity contribution in [3.05, 3.63) is 46.8 Å². The van der Waals surface area contributed by atoms with Gasteiger partial charge in [-0.05, 0) is 49.3 Å². The van der Waals surface area contributed by atoms with E-state index in [-0.39, 0.29) is 11.8 Å². The zero-order valence-electron chi connectivity index (χ0n) is 14.0. The summed E-state index contributed by atoms with van der Waals surface area (Å²) in [7, 11) is 1.87. The van der Waals surface area contributed by atoms with Gasteiger partial charge < -0.3 is 9.64 Å². The Morgan fingerprint density at radius 3 is 3.08 bits per heavy atom. The first kappa shape index (κ1) is 15.2. The first-order valence-electron chi connectivity index (χ1n) is 8.73. The Morgan fingerprint density at radius 2 is 2.17 bits per heavy atom. The minimum atomic E-state index is -0.111. The molecule has 5 heteroatoms. The third kappa shape index (κ3) is 2.79. The van der Waals surface area contributed by atoms with Gasteiger partial charge in [0.2, 0.25) is 5.91 Å². The molecule has 1 aromatic heterocycles. The highest BCUT2D eigenvalue weighted by Crippen LogP contribution is 2.28. The number of aromatic nitrogens is 2.